The van der Waals surface area contributed by atoms with Crippen molar-refractivity contribution in [1.29, 1.82) is 0 Å². The van der Waals surface area contributed by atoms with Gasteiger partial charge in [0.2, 0.25) is 5.75 Å². The fourth-order valence-corrected chi connectivity index (χ4v) is 4.39. The van der Waals surface area contributed by atoms with Crippen LogP contribution in [0.25, 0.3) is 0 Å². The highest BCUT2D eigenvalue weighted by atomic mass is 19.1. The number of aromatic amines is 1. The number of amides is 2. The van der Waals surface area contributed by atoms with E-state index in [0.29, 0.717) is 18.7 Å². The molecule has 1 saturated heterocycles. The average molecular weight is 580 g/mol. The number of nitrogens with one attached hydrogen (secondary N) is 2. The predicted octanol–water partition coefficient (Wildman–Crippen LogP) is 3.46. The summed E-state index contributed by atoms with van der Waals surface area (Å²) in [6.45, 7) is 7.99. The maximum absolute atomic E-state index is 13.4. The number of H-pyrrole nitrogens is 1. The monoisotopic (exact) mass is 579 g/mol. The number of piperazine rings is 1. The minimum Gasteiger partial charge on any atom is -0.444 e. The Balaban J connectivity index is 1.71. The van der Waals surface area contributed by atoms with Crippen LogP contribution in [0.15, 0.2) is 59.4 Å². The highest BCUT2D eigenvalue weighted by molar-refractivity contribution is 5.97. The first-order valence-corrected chi connectivity index (χ1v) is 13.4. The summed E-state index contributed by atoms with van der Waals surface area (Å²) < 4.78 is 24.3. The fourth-order valence-electron chi connectivity index (χ4n) is 4.39. The zero-order valence-corrected chi connectivity index (χ0v) is 24.2. The van der Waals surface area contributed by atoms with E-state index in [-0.39, 0.29) is 24.5 Å². The second-order valence-electron chi connectivity index (χ2n) is 11.3. The number of esters is 1. The topological polar surface area (TPSA) is 134 Å². The fraction of sp³-hybridized carbons (Fsp3) is 0.367. The second-order valence-corrected chi connectivity index (χ2v) is 11.3. The molecule has 0 saturated carbocycles. The van der Waals surface area contributed by atoms with Crippen molar-refractivity contribution in [3.8, 4) is 5.75 Å². The third-order valence-corrected chi connectivity index (χ3v) is 6.87. The van der Waals surface area contributed by atoms with Gasteiger partial charge in [0.15, 0.2) is 5.69 Å². The average Bonchev–Trinajstić information content (AvgIpc) is 2.94. The Labute approximate surface area is 242 Å². The molecule has 0 radical (unpaired) electrons. The van der Waals surface area contributed by atoms with Crippen LogP contribution in [0.3, 0.4) is 0 Å². The molecule has 0 spiro atoms. The zero-order valence-electron chi connectivity index (χ0n) is 24.2. The lowest BCUT2D eigenvalue weighted by Gasteiger charge is -2.46. The molecule has 1 aliphatic rings. The SMILES string of the molecule is CN1CCN(C(=O)OC(C)(C)C)CC1(C)c1nc(C(=O)NCc2ccc(F)cc2)c(OC(=O)c2ccccc2)c(=O)[nH]1. The van der Waals surface area contributed by atoms with E-state index in [1.807, 2.05) is 11.9 Å². The zero-order chi connectivity index (χ0) is 30.7. The summed E-state index contributed by atoms with van der Waals surface area (Å²) in [6, 6.07) is 13.5. The number of hydrogen-bond acceptors (Lipinski definition) is 8. The molecule has 12 heteroatoms. The highest BCUT2D eigenvalue weighted by Crippen LogP contribution is 2.30. The van der Waals surface area contributed by atoms with Crippen LogP contribution in [0.4, 0.5) is 9.18 Å². The van der Waals surface area contributed by atoms with Crippen LogP contribution in [0.2, 0.25) is 0 Å². The van der Waals surface area contributed by atoms with Crippen LogP contribution >= 0.6 is 0 Å². The van der Waals surface area contributed by atoms with Gasteiger partial charge >= 0.3 is 12.1 Å². The molecule has 1 fully saturated rings. The van der Waals surface area contributed by atoms with E-state index in [0.717, 1.165) is 0 Å². The van der Waals surface area contributed by atoms with E-state index in [4.69, 9.17) is 9.47 Å². The number of nitrogens with zero attached hydrogens (tertiary/aromatic N) is 3. The Morgan fingerprint density at radius 1 is 1.07 bits per heavy atom. The summed E-state index contributed by atoms with van der Waals surface area (Å²) in [6.07, 6.45) is -0.519. The molecule has 1 aromatic heterocycles. The molecule has 3 aromatic rings. The van der Waals surface area contributed by atoms with Gasteiger partial charge in [0.1, 0.15) is 17.2 Å². The lowest BCUT2D eigenvalue weighted by atomic mass is 9.95. The Morgan fingerprint density at radius 3 is 2.38 bits per heavy atom. The van der Waals surface area contributed by atoms with Crippen molar-refractivity contribution in [2.24, 2.45) is 0 Å². The van der Waals surface area contributed by atoms with Gasteiger partial charge in [0, 0.05) is 26.2 Å². The molecule has 1 aliphatic heterocycles. The van der Waals surface area contributed by atoms with Gasteiger partial charge in [-0.2, -0.15) is 0 Å². The molecule has 1 atom stereocenters. The van der Waals surface area contributed by atoms with Crippen LogP contribution in [0, 0.1) is 5.82 Å². The van der Waals surface area contributed by atoms with Gasteiger partial charge in [-0.1, -0.05) is 30.3 Å². The molecule has 2 amide bonds. The van der Waals surface area contributed by atoms with Gasteiger partial charge < -0.3 is 24.7 Å². The van der Waals surface area contributed by atoms with Gasteiger partial charge in [0.25, 0.3) is 11.5 Å². The predicted molar refractivity (Wildman–Crippen MR) is 152 cm³/mol. The lowest BCUT2D eigenvalue weighted by Crippen LogP contribution is -2.60. The summed E-state index contributed by atoms with van der Waals surface area (Å²) in [5.74, 6) is -2.54. The van der Waals surface area contributed by atoms with Crippen molar-refractivity contribution >= 4 is 18.0 Å². The van der Waals surface area contributed by atoms with E-state index >= 15 is 0 Å². The summed E-state index contributed by atoms with van der Waals surface area (Å²) in [7, 11) is 1.81. The molecule has 2 heterocycles. The van der Waals surface area contributed by atoms with Crippen LogP contribution in [-0.4, -0.2) is 70.0 Å². The second kappa shape index (κ2) is 12.1. The molecule has 42 heavy (non-hydrogen) atoms. The van der Waals surface area contributed by atoms with Crippen LogP contribution in [0.1, 0.15) is 59.9 Å². The number of benzene rings is 2. The standard InChI is InChI=1S/C30H34FN5O6/c1-29(2,3)42-28(40)36-16-15-35(5)30(4,18-36)27-33-22(24(37)32-17-19-11-13-21(31)14-12-19)23(25(38)34-27)41-26(39)20-9-7-6-8-10-20/h6-14H,15-18H2,1-5H3,(H,32,37)(H,33,34,38). The number of carbonyl (C=O) groups excluding carboxylic acids is 3. The van der Waals surface area contributed by atoms with E-state index in [1.54, 1.807) is 45.9 Å². The van der Waals surface area contributed by atoms with Crippen LogP contribution < -0.4 is 15.6 Å². The molecule has 0 bridgehead atoms. The van der Waals surface area contributed by atoms with E-state index in [1.165, 1.54) is 41.3 Å². The number of halogens is 1. The van der Waals surface area contributed by atoms with Gasteiger partial charge in [-0.3, -0.25) is 14.5 Å². The first kappa shape index (κ1) is 30.4. The quantitative estimate of drug-likeness (QED) is 0.424. The largest absolute Gasteiger partial charge is 0.444 e. The smallest absolute Gasteiger partial charge is 0.410 e. The van der Waals surface area contributed by atoms with E-state index in [2.05, 4.69) is 15.3 Å². The Hall–Kier alpha value is -4.58. The van der Waals surface area contributed by atoms with Crippen molar-refractivity contribution in [2.75, 3.05) is 26.7 Å². The van der Waals surface area contributed by atoms with Crippen molar-refractivity contribution in [1.82, 2.24) is 25.1 Å². The number of hydrogen-bond donors (Lipinski definition) is 2. The summed E-state index contributed by atoms with van der Waals surface area (Å²) in [5.41, 5.74) is -2.23. The number of rotatable bonds is 6. The van der Waals surface area contributed by atoms with Crippen LogP contribution in [0.5, 0.6) is 5.75 Å². The summed E-state index contributed by atoms with van der Waals surface area (Å²) >= 11 is 0. The molecular weight excluding hydrogens is 545 g/mol. The molecule has 2 N–H and O–H groups in total. The Morgan fingerprint density at radius 2 is 1.74 bits per heavy atom. The molecule has 0 aliphatic carbocycles. The number of carbonyl (C=O) groups is 3. The maximum Gasteiger partial charge on any atom is 0.410 e. The molecule has 4 rings (SSSR count). The third kappa shape index (κ3) is 7.00. The third-order valence-electron chi connectivity index (χ3n) is 6.87. The first-order chi connectivity index (χ1) is 19.8. The van der Waals surface area contributed by atoms with Gasteiger partial charge in [-0.25, -0.2) is 19.0 Å². The number of ether oxygens (including phenoxy) is 2. The number of likely N-dealkylation sites (N-methyl/N-ethyl adjacent to an activating group) is 1. The molecule has 2 aromatic carbocycles. The number of aromatic nitrogens is 2. The van der Waals surface area contributed by atoms with Gasteiger partial charge in [-0.05, 0) is 64.6 Å². The normalized spacial score (nSPS) is 17.4. The Bertz CT molecular complexity index is 1520. The Kier molecular flexibility index (Phi) is 8.76. The molecule has 11 nitrogen and oxygen atoms in total. The minimum atomic E-state index is -1.04. The summed E-state index contributed by atoms with van der Waals surface area (Å²) in [5, 5.41) is 2.66. The van der Waals surface area contributed by atoms with Crippen molar-refractivity contribution in [2.45, 2.75) is 45.4 Å². The highest BCUT2D eigenvalue weighted by Gasteiger charge is 2.43. The van der Waals surface area contributed by atoms with Crippen molar-refractivity contribution in [3.63, 3.8) is 0 Å². The van der Waals surface area contributed by atoms with Gasteiger partial charge in [0.05, 0.1) is 11.1 Å². The summed E-state index contributed by atoms with van der Waals surface area (Å²) in [4.78, 5) is 63.2. The van der Waals surface area contributed by atoms with E-state index in [9.17, 15) is 23.6 Å². The van der Waals surface area contributed by atoms with Crippen LogP contribution in [-0.2, 0) is 16.8 Å². The van der Waals surface area contributed by atoms with Crippen molar-refractivity contribution in [3.05, 3.63) is 93.4 Å². The van der Waals surface area contributed by atoms with Gasteiger partial charge in [-0.15, -0.1) is 0 Å². The maximum atomic E-state index is 13.4. The van der Waals surface area contributed by atoms with Crippen molar-refractivity contribution < 1.29 is 28.2 Å². The first-order valence-electron chi connectivity index (χ1n) is 13.4. The van der Waals surface area contributed by atoms with E-state index < -0.39 is 51.9 Å². The molecule has 222 valence electrons. The molecular formula is C30H34FN5O6. The molecule has 1 unspecified atom stereocenters. The minimum absolute atomic E-state index is 0.00140. The lowest BCUT2D eigenvalue weighted by molar-refractivity contribution is -0.0163.